The van der Waals surface area contributed by atoms with Crippen molar-refractivity contribution in [1.82, 2.24) is 0 Å². The summed E-state index contributed by atoms with van der Waals surface area (Å²) in [5.41, 5.74) is 7.81. The van der Waals surface area contributed by atoms with Crippen LogP contribution in [0.25, 0.3) is 21.4 Å². The molecular formula is C20H18O3S. The molecule has 0 saturated carbocycles. The van der Waals surface area contributed by atoms with Crippen molar-refractivity contribution in [3.05, 3.63) is 61.8 Å². The lowest BCUT2D eigenvalue weighted by Crippen LogP contribution is -2.07. The van der Waals surface area contributed by atoms with Gasteiger partial charge in [-0.05, 0) is 39.2 Å². The van der Waals surface area contributed by atoms with Crippen LogP contribution < -0.4 is 4.94 Å². The van der Waals surface area contributed by atoms with E-state index in [1.54, 1.807) is 0 Å². The van der Waals surface area contributed by atoms with Crippen molar-refractivity contribution in [2.24, 2.45) is 0 Å². The number of hydrogen-bond donors (Lipinski definition) is 1. The molecule has 1 aliphatic carbocycles. The van der Waals surface area contributed by atoms with Gasteiger partial charge in [0.15, 0.2) is 5.58 Å². The van der Waals surface area contributed by atoms with E-state index in [4.69, 9.17) is 4.42 Å². The van der Waals surface area contributed by atoms with E-state index >= 15 is 0 Å². The third-order valence-corrected chi connectivity index (χ3v) is 5.76. The fraction of sp³-hybridized carbons (Fsp3) is 0.250. The normalized spacial score (nSPS) is 14.3. The predicted octanol–water partition coefficient (Wildman–Crippen LogP) is 4.97. The van der Waals surface area contributed by atoms with Crippen LogP contribution in [0, 0.1) is 6.92 Å². The van der Waals surface area contributed by atoms with Gasteiger partial charge in [0.25, 0.3) is 0 Å². The third kappa shape index (κ3) is 2.21. The smallest absolute Gasteiger partial charge is 0.396 e. The van der Waals surface area contributed by atoms with Gasteiger partial charge in [-0.3, -0.25) is 0 Å². The van der Waals surface area contributed by atoms with E-state index in [2.05, 4.69) is 13.8 Å². The first-order valence-corrected chi connectivity index (χ1v) is 8.80. The second-order valence-electron chi connectivity index (χ2n) is 6.57. The first-order valence-electron chi connectivity index (χ1n) is 7.98. The zero-order valence-corrected chi connectivity index (χ0v) is 14.7. The summed E-state index contributed by atoms with van der Waals surface area (Å²) in [7, 11) is 0. The van der Waals surface area contributed by atoms with E-state index in [1.807, 2.05) is 31.2 Å². The van der Waals surface area contributed by atoms with Gasteiger partial charge in [0.2, 0.25) is 0 Å². The summed E-state index contributed by atoms with van der Waals surface area (Å²) in [5, 5.41) is 11.0. The summed E-state index contributed by atoms with van der Waals surface area (Å²) in [6.07, 6.45) is 1.42. The Kier molecular flexibility index (Phi) is 3.39. The Morgan fingerprint density at radius 1 is 1.00 bits per heavy atom. The molecule has 0 bridgehead atoms. The Morgan fingerprint density at radius 3 is 2.29 bits per heavy atom. The molecule has 0 amide bonds. The van der Waals surface area contributed by atoms with Crippen LogP contribution in [0.15, 0.2) is 44.6 Å². The first kappa shape index (κ1) is 15.2. The number of aryl methyl sites for hydroxylation is 1. The molecule has 0 fully saturated rings. The number of phenols is 1. The zero-order chi connectivity index (χ0) is 17.0. The number of aromatic hydroxyl groups is 1. The highest BCUT2D eigenvalue weighted by molar-refractivity contribution is 7.16. The molecule has 3 aromatic rings. The molecule has 0 unspecified atom stereocenters. The monoisotopic (exact) mass is 338 g/mol. The van der Waals surface area contributed by atoms with Crippen molar-refractivity contribution >= 4 is 21.6 Å². The van der Waals surface area contributed by atoms with E-state index in [0.29, 0.717) is 17.6 Å². The molecule has 0 spiro atoms. The lowest BCUT2D eigenvalue weighted by atomic mass is 9.84. The number of fused-ring (bicyclic) bond motifs is 3. The summed E-state index contributed by atoms with van der Waals surface area (Å²) in [5.74, 6) is 0.283. The zero-order valence-electron chi connectivity index (χ0n) is 13.9. The second-order valence-corrected chi connectivity index (χ2v) is 7.52. The lowest BCUT2D eigenvalue weighted by molar-refractivity contribution is 0.469. The fourth-order valence-corrected chi connectivity index (χ4v) is 4.25. The SMILES string of the molecule is CC1=C(C)Cc2c(c(O)c(-c3ccc(C)cc3)c3sc(=O)oc23)C1. The molecule has 0 radical (unpaired) electrons. The minimum absolute atomic E-state index is 0.283. The highest BCUT2D eigenvalue weighted by atomic mass is 32.1. The fourth-order valence-electron chi connectivity index (χ4n) is 3.38. The lowest BCUT2D eigenvalue weighted by Gasteiger charge is -2.22. The van der Waals surface area contributed by atoms with Gasteiger partial charge >= 0.3 is 4.94 Å². The average Bonchev–Trinajstić information content (AvgIpc) is 2.92. The highest BCUT2D eigenvalue weighted by Crippen LogP contribution is 2.46. The number of phenolic OH excluding ortho intramolecular Hbond substituents is 1. The maximum atomic E-state index is 11.9. The van der Waals surface area contributed by atoms with E-state index in [1.165, 1.54) is 11.1 Å². The number of rotatable bonds is 1. The van der Waals surface area contributed by atoms with Gasteiger partial charge in [0.1, 0.15) is 5.75 Å². The standard InChI is InChI=1S/C20H18O3S/c1-10-4-6-13(7-5-10)16-17(21)14-8-11(2)12(3)9-15(14)18-19(16)24-20(22)23-18/h4-7,21H,8-9H2,1-3H3. The number of benzene rings is 2. The van der Waals surface area contributed by atoms with Crippen molar-refractivity contribution in [3.63, 3.8) is 0 Å². The molecule has 2 aromatic carbocycles. The van der Waals surface area contributed by atoms with Crippen molar-refractivity contribution in [2.45, 2.75) is 33.6 Å². The molecular weight excluding hydrogens is 320 g/mol. The van der Waals surface area contributed by atoms with Crippen LogP contribution >= 0.6 is 11.3 Å². The van der Waals surface area contributed by atoms with Crippen LogP contribution in [0.1, 0.15) is 30.5 Å². The van der Waals surface area contributed by atoms with Gasteiger partial charge in [-0.25, -0.2) is 4.79 Å². The molecule has 0 aliphatic heterocycles. The molecule has 4 rings (SSSR count). The molecule has 1 aliphatic rings. The minimum Gasteiger partial charge on any atom is -0.507 e. The highest BCUT2D eigenvalue weighted by Gasteiger charge is 2.26. The van der Waals surface area contributed by atoms with Gasteiger partial charge in [0, 0.05) is 16.7 Å². The molecule has 0 saturated heterocycles. The summed E-state index contributed by atoms with van der Waals surface area (Å²) >= 11 is 1.07. The molecule has 122 valence electrons. The maximum absolute atomic E-state index is 11.9. The van der Waals surface area contributed by atoms with Crippen molar-refractivity contribution in [3.8, 4) is 16.9 Å². The average molecular weight is 338 g/mol. The Hall–Kier alpha value is -2.33. The third-order valence-electron chi connectivity index (χ3n) is 4.92. The minimum atomic E-state index is -0.324. The Morgan fingerprint density at radius 2 is 1.62 bits per heavy atom. The van der Waals surface area contributed by atoms with Crippen molar-refractivity contribution in [1.29, 1.82) is 0 Å². The largest absolute Gasteiger partial charge is 0.507 e. The van der Waals surface area contributed by atoms with E-state index in [9.17, 15) is 9.90 Å². The first-order chi connectivity index (χ1) is 11.5. The maximum Gasteiger partial charge on any atom is 0.396 e. The van der Waals surface area contributed by atoms with Gasteiger partial charge in [0.05, 0.1) is 4.70 Å². The Balaban J connectivity index is 2.09. The van der Waals surface area contributed by atoms with Crippen LogP contribution in [-0.2, 0) is 12.8 Å². The van der Waals surface area contributed by atoms with Crippen molar-refractivity contribution in [2.75, 3.05) is 0 Å². The van der Waals surface area contributed by atoms with Crippen LogP contribution in [0.2, 0.25) is 0 Å². The Bertz CT molecular complexity index is 1050. The summed E-state index contributed by atoms with van der Waals surface area (Å²) in [6, 6.07) is 7.99. The molecule has 1 aromatic heterocycles. The Labute approximate surface area is 143 Å². The van der Waals surface area contributed by atoms with E-state index in [0.717, 1.165) is 44.7 Å². The molecule has 24 heavy (non-hydrogen) atoms. The van der Waals surface area contributed by atoms with Gasteiger partial charge in [-0.15, -0.1) is 0 Å². The van der Waals surface area contributed by atoms with Crippen LogP contribution in [0.4, 0.5) is 0 Å². The number of allylic oxidation sites excluding steroid dienone is 2. The molecule has 1 N–H and O–H groups in total. The van der Waals surface area contributed by atoms with E-state index < -0.39 is 0 Å². The summed E-state index contributed by atoms with van der Waals surface area (Å²) in [4.78, 5) is 11.6. The summed E-state index contributed by atoms with van der Waals surface area (Å²) in [6.45, 7) is 6.22. The van der Waals surface area contributed by atoms with E-state index in [-0.39, 0.29) is 10.7 Å². The van der Waals surface area contributed by atoms with Gasteiger partial charge < -0.3 is 9.52 Å². The quantitative estimate of drug-likeness (QED) is 0.637. The van der Waals surface area contributed by atoms with Gasteiger partial charge in [-0.1, -0.05) is 52.3 Å². The van der Waals surface area contributed by atoms with Crippen molar-refractivity contribution < 1.29 is 9.52 Å². The number of hydrogen-bond acceptors (Lipinski definition) is 4. The molecule has 0 atom stereocenters. The molecule has 4 heteroatoms. The topological polar surface area (TPSA) is 50.4 Å². The molecule has 3 nitrogen and oxygen atoms in total. The van der Waals surface area contributed by atoms with Gasteiger partial charge in [-0.2, -0.15) is 0 Å². The summed E-state index contributed by atoms with van der Waals surface area (Å²) < 4.78 is 6.26. The molecule has 1 heterocycles. The predicted molar refractivity (Wildman–Crippen MR) is 98.0 cm³/mol. The van der Waals surface area contributed by atoms with Crippen LogP contribution in [-0.4, -0.2) is 5.11 Å². The van der Waals surface area contributed by atoms with Crippen LogP contribution in [0.3, 0.4) is 0 Å². The van der Waals surface area contributed by atoms with Crippen LogP contribution in [0.5, 0.6) is 5.75 Å². The second kappa shape index (κ2) is 5.35.